The molecule has 3 heteroatoms. The Labute approximate surface area is 90.7 Å². The summed E-state index contributed by atoms with van der Waals surface area (Å²) in [6.45, 7) is 4.20. The molecular formula is C11H10BrNO. The van der Waals surface area contributed by atoms with Gasteiger partial charge in [-0.15, -0.1) is 0 Å². The summed E-state index contributed by atoms with van der Waals surface area (Å²) >= 11 is 3.25. The summed E-state index contributed by atoms with van der Waals surface area (Å²) in [6.07, 6.45) is 1.91. The summed E-state index contributed by atoms with van der Waals surface area (Å²) in [4.78, 5) is 3.13. The number of hydrogen-bond acceptors (Lipinski definition) is 1. The van der Waals surface area contributed by atoms with Crippen molar-refractivity contribution < 1.29 is 4.74 Å². The van der Waals surface area contributed by atoms with Gasteiger partial charge in [0.2, 0.25) is 0 Å². The summed E-state index contributed by atoms with van der Waals surface area (Å²) in [5.41, 5.74) is 1.12. The Morgan fingerprint density at radius 2 is 2.29 bits per heavy atom. The van der Waals surface area contributed by atoms with Crippen molar-refractivity contribution in [1.29, 1.82) is 0 Å². The van der Waals surface area contributed by atoms with Gasteiger partial charge in [0.1, 0.15) is 12.4 Å². The molecule has 2 aromatic rings. The van der Waals surface area contributed by atoms with Crippen molar-refractivity contribution in [3.05, 3.63) is 41.5 Å². The highest BCUT2D eigenvalue weighted by Gasteiger charge is 1.97. The zero-order valence-corrected chi connectivity index (χ0v) is 9.17. The lowest BCUT2D eigenvalue weighted by Crippen LogP contribution is -1.95. The topological polar surface area (TPSA) is 25.0 Å². The minimum atomic E-state index is 0.496. The van der Waals surface area contributed by atoms with Crippen LogP contribution in [-0.2, 0) is 0 Å². The fraction of sp³-hybridized carbons (Fsp3) is 0.0909. The Hall–Kier alpha value is -1.22. The molecule has 0 amide bonds. The summed E-state index contributed by atoms with van der Waals surface area (Å²) in [5, 5.41) is 1.16. The van der Waals surface area contributed by atoms with Crippen LogP contribution in [-0.4, -0.2) is 11.6 Å². The van der Waals surface area contributed by atoms with E-state index in [4.69, 9.17) is 4.74 Å². The monoisotopic (exact) mass is 251 g/mol. The largest absolute Gasteiger partial charge is 0.488 e. The van der Waals surface area contributed by atoms with Crippen LogP contribution in [0, 0.1) is 0 Å². The molecule has 1 aromatic carbocycles. The van der Waals surface area contributed by atoms with Gasteiger partial charge in [0.15, 0.2) is 0 Å². The third-order valence-electron chi connectivity index (χ3n) is 1.92. The maximum Gasteiger partial charge on any atom is 0.120 e. The van der Waals surface area contributed by atoms with Crippen LogP contribution in [0.4, 0.5) is 0 Å². The first-order chi connectivity index (χ1) is 6.75. The number of aromatic amines is 1. The van der Waals surface area contributed by atoms with Gasteiger partial charge in [-0.1, -0.05) is 22.5 Å². The molecule has 0 radical (unpaired) electrons. The molecule has 0 saturated carbocycles. The molecule has 2 nitrogen and oxygen atoms in total. The highest BCUT2D eigenvalue weighted by Crippen LogP contribution is 2.20. The second-order valence-electron chi connectivity index (χ2n) is 3.03. The number of ether oxygens (including phenoxy) is 1. The van der Waals surface area contributed by atoms with Crippen molar-refractivity contribution in [3.63, 3.8) is 0 Å². The van der Waals surface area contributed by atoms with Crippen LogP contribution in [0.1, 0.15) is 0 Å². The van der Waals surface area contributed by atoms with E-state index in [1.807, 2.05) is 30.5 Å². The Bertz CT molecular complexity index is 461. The van der Waals surface area contributed by atoms with Crippen molar-refractivity contribution in [3.8, 4) is 5.75 Å². The SMILES string of the molecule is C=C(Br)COc1ccc2[nH]ccc2c1. The number of aromatic nitrogens is 1. The number of halogens is 1. The molecule has 0 fully saturated rings. The molecule has 72 valence electrons. The van der Waals surface area contributed by atoms with Gasteiger partial charge in [-0.2, -0.15) is 0 Å². The fourth-order valence-corrected chi connectivity index (χ4v) is 1.40. The second-order valence-corrected chi connectivity index (χ2v) is 4.15. The minimum Gasteiger partial charge on any atom is -0.488 e. The Balaban J connectivity index is 2.21. The number of benzene rings is 1. The van der Waals surface area contributed by atoms with Crippen LogP contribution in [0.25, 0.3) is 10.9 Å². The first-order valence-corrected chi connectivity index (χ1v) is 5.08. The molecule has 0 aliphatic heterocycles. The van der Waals surface area contributed by atoms with Gasteiger partial charge in [0.05, 0.1) is 0 Å². The predicted octanol–water partition coefficient (Wildman–Crippen LogP) is 3.46. The normalized spacial score (nSPS) is 10.4. The molecule has 0 spiro atoms. The van der Waals surface area contributed by atoms with Crippen LogP contribution in [0.15, 0.2) is 41.5 Å². The molecule has 14 heavy (non-hydrogen) atoms. The zero-order chi connectivity index (χ0) is 9.97. The van der Waals surface area contributed by atoms with Crippen molar-refractivity contribution in [1.82, 2.24) is 4.98 Å². The predicted molar refractivity (Wildman–Crippen MR) is 61.9 cm³/mol. The van der Waals surface area contributed by atoms with Crippen LogP contribution in [0.5, 0.6) is 5.75 Å². The fourth-order valence-electron chi connectivity index (χ4n) is 1.28. The van der Waals surface area contributed by atoms with E-state index in [2.05, 4.69) is 27.5 Å². The van der Waals surface area contributed by atoms with E-state index >= 15 is 0 Å². The highest BCUT2D eigenvalue weighted by molar-refractivity contribution is 9.11. The summed E-state index contributed by atoms with van der Waals surface area (Å²) in [6, 6.07) is 7.96. The molecule has 0 bridgehead atoms. The molecule has 0 aliphatic carbocycles. The smallest absolute Gasteiger partial charge is 0.120 e. The number of fused-ring (bicyclic) bond motifs is 1. The van der Waals surface area contributed by atoms with Crippen LogP contribution in [0.3, 0.4) is 0 Å². The maximum absolute atomic E-state index is 5.48. The molecular weight excluding hydrogens is 242 g/mol. The van der Waals surface area contributed by atoms with E-state index in [9.17, 15) is 0 Å². The van der Waals surface area contributed by atoms with E-state index < -0.39 is 0 Å². The second kappa shape index (κ2) is 3.88. The Morgan fingerprint density at radius 1 is 1.43 bits per heavy atom. The van der Waals surface area contributed by atoms with E-state index in [0.29, 0.717) is 6.61 Å². The number of rotatable bonds is 3. The number of hydrogen-bond donors (Lipinski definition) is 1. The van der Waals surface area contributed by atoms with Gasteiger partial charge in [0.25, 0.3) is 0 Å². The average molecular weight is 252 g/mol. The standard InChI is InChI=1S/C11H10BrNO/c1-8(12)7-14-10-2-3-11-9(6-10)4-5-13-11/h2-6,13H,1,7H2. The zero-order valence-electron chi connectivity index (χ0n) is 7.59. The third-order valence-corrected chi connectivity index (χ3v) is 2.15. The van der Waals surface area contributed by atoms with Gasteiger partial charge < -0.3 is 9.72 Å². The Morgan fingerprint density at radius 3 is 3.07 bits per heavy atom. The molecule has 0 atom stereocenters. The lowest BCUT2D eigenvalue weighted by molar-refractivity contribution is 0.361. The van der Waals surface area contributed by atoms with Crippen molar-refractivity contribution in [2.45, 2.75) is 0 Å². The summed E-state index contributed by atoms with van der Waals surface area (Å²) in [7, 11) is 0. The maximum atomic E-state index is 5.48. The molecule has 2 rings (SSSR count). The van der Waals surface area contributed by atoms with Crippen molar-refractivity contribution in [2.75, 3.05) is 6.61 Å². The minimum absolute atomic E-state index is 0.496. The molecule has 1 heterocycles. The lowest BCUT2D eigenvalue weighted by atomic mass is 10.2. The van der Waals surface area contributed by atoms with E-state index in [-0.39, 0.29) is 0 Å². The quantitative estimate of drug-likeness (QED) is 0.889. The molecule has 1 N–H and O–H groups in total. The first kappa shape index (κ1) is 9.34. The summed E-state index contributed by atoms with van der Waals surface area (Å²) in [5.74, 6) is 0.859. The van der Waals surface area contributed by atoms with Crippen LogP contribution >= 0.6 is 15.9 Å². The highest BCUT2D eigenvalue weighted by atomic mass is 79.9. The van der Waals surface area contributed by atoms with Crippen molar-refractivity contribution >= 4 is 26.8 Å². The number of H-pyrrole nitrogens is 1. The van der Waals surface area contributed by atoms with E-state index in [1.165, 1.54) is 0 Å². The number of nitrogens with one attached hydrogen (secondary N) is 1. The molecule has 1 aromatic heterocycles. The molecule has 0 saturated heterocycles. The van der Waals surface area contributed by atoms with Gasteiger partial charge in [0, 0.05) is 21.6 Å². The van der Waals surface area contributed by atoms with E-state index in [0.717, 1.165) is 21.1 Å². The van der Waals surface area contributed by atoms with Crippen LogP contribution < -0.4 is 4.74 Å². The van der Waals surface area contributed by atoms with Gasteiger partial charge >= 0.3 is 0 Å². The molecule has 0 aliphatic rings. The first-order valence-electron chi connectivity index (χ1n) is 4.29. The van der Waals surface area contributed by atoms with Gasteiger partial charge in [-0.3, -0.25) is 0 Å². The summed E-state index contributed by atoms with van der Waals surface area (Å²) < 4.78 is 6.32. The van der Waals surface area contributed by atoms with Crippen molar-refractivity contribution in [2.24, 2.45) is 0 Å². The van der Waals surface area contributed by atoms with Gasteiger partial charge in [-0.25, -0.2) is 0 Å². The van der Waals surface area contributed by atoms with Gasteiger partial charge in [-0.05, 0) is 24.3 Å². The van der Waals surface area contributed by atoms with E-state index in [1.54, 1.807) is 0 Å². The average Bonchev–Trinajstić information content (AvgIpc) is 2.61. The Kier molecular flexibility index (Phi) is 2.59. The molecule has 0 unspecified atom stereocenters. The lowest BCUT2D eigenvalue weighted by Gasteiger charge is -2.04. The third kappa shape index (κ3) is 1.99. The van der Waals surface area contributed by atoms with Crippen LogP contribution in [0.2, 0.25) is 0 Å².